The normalized spacial score (nSPS) is 32.9. The van der Waals surface area contributed by atoms with Crippen LogP contribution in [0.2, 0.25) is 0 Å². The Hall–Kier alpha value is -1.83. The van der Waals surface area contributed by atoms with Gasteiger partial charge in [-0.1, -0.05) is 6.08 Å². The van der Waals surface area contributed by atoms with Crippen LogP contribution in [0.15, 0.2) is 23.3 Å². The van der Waals surface area contributed by atoms with Gasteiger partial charge >= 0.3 is 18.1 Å². The molecular weight excluding hydrogens is 317 g/mol. The van der Waals surface area contributed by atoms with E-state index in [0.29, 0.717) is 0 Å². The van der Waals surface area contributed by atoms with Crippen molar-refractivity contribution in [3.8, 4) is 0 Å². The number of hydrogen-bond acceptors (Lipinski definition) is 5. The first kappa shape index (κ1) is 17.5. The van der Waals surface area contributed by atoms with Gasteiger partial charge in [-0.25, -0.2) is 4.79 Å². The Labute approximate surface area is 131 Å². The zero-order valence-electron chi connectivity index (χ0n) is 13.1. The van der Waals surface area contributed by atoms with Crippen molar-refractivity contribution in [1.82, 2.24) is 0 Å². The molecule has 8 heteroatoms. The molecule has 0 aromatic carbocycles. The average Bonchev–Trinajstić information content (AvgIpc) is 2.69. The first-order chi connectivity index (χ1) is 10.5. The highest BCUT2D eigenvalue weighted by Crippen LogP contribution is 2.54. The molecule has 0 aromatic rings. The second-order valence-corrected chi connectivity index (χ2v) is 5.69. The maximum Gasteiger partial charge on any atom is 0.414 e. The zero-order chi connectivity index (χ0) is 17.6. The Kier molecular flexibility index (Phi) is 4.09. The Morgan fingerprint density at radius 2 is 1.91 bits per heavy atom. The summed E-state index contributed by atoms with van der Waals surface area (Å²) in [6.07, 6.45) is -2.22. The van der Waals surface area contributed by atoms with Gasteiger partial charge in [0.15, 0.2) is 0 Å². The predicted molar refractivity (Wildman–Crippen MR) is 72.3 cm³/mol. The smallest absolute Gasteiger partial charge is 0.414 e. The first-order valence-corrected chi connectivity index (χ1v) is 6.97. The minimum atomic E-state index is -4.92. The predicted octanol–water partition coefficient (Wildman–Crippen LogP) is 2.32. The van der Waals surface area contributed by atoms with E-state index in [1.807, 2.05) is 0 Å². The average molecular weight is 334 g/mol. The van der Waals surface area contributed by atoms with Gasteiger partial charge in [0.2, 0.25) is 0 Å². The van der Waals surface area contributed by atoms with Crippen LogP contribution in [-0.2, 0) is 23.8 Å². The lowest BCUT2D eigenvalue weighted by molar-refractivity contribution is -0.176. The molecule has 2 aliphatic rings. The van der Waals surface area contributed by atoms with Gasteiger partial charge in [-0.05, 0) is 26.8 Å². The SMILES string of the molecule is CCOC(=O)C1=C(C(F)(F)F)[C@@H](C(=O)OC)[C@]2(C)C=C[C@@]1(C)O2. The molecule has 0 saturated heterocycles. The standard InChI is InChI=1S/C15H17F3O5/c1-5-22-12(20)10-8(15(16,17)18)9(11(19)21-4)13(2)6-7-14(10,3)23-13/h6-7,9H,5H2,1-4H3/t9-,13-,14+/m0/s1. The number of alkyl halides is 3. The Bertz CT molecular complexity index is 607. The maximum absolute atomic E-state index is 13.7. The van der Waals surface area contributed by atoms with E-state index in [1.54, 1.807) is 0 Å². The Morgan fingerprint density at radius 1 is 1.30 bits per heavy atom. The fraction of sp³-hybridized carbons (Fsp3) is 0.600. The summed E-state index contributed by atoms with van der Waals surface area (Å²) in [5.41, 5.74) is -5.16. The Morgan fingerprint density at radius 3 is 2.39 bits per heavy atom. The van der Waals surface area contributed by atoms with E-state index in [9.17, 15) is 22.8 Å². The van der Waals surface area contributed by atoms with Crippen LogP contribution in [0.1, 0.15) is 20.8 Å². The van der Waals surface area contributed by atoms with Gasteiger partial charge in [0.25, 0.3) is 0 Å². The van der Waals surface area contributed by atoms with Crippen molar-refractivity contribution < 1.29 is 37.0 Å². The quantitative estimate of drug-likeness (QED) is 0.585. The summed E-state index contributed by atoms with van der Waals surface area (Å²) in [6.45, 7) is 4.06. The summed E-state index contributed by atoms with van der Waals surface area (Å²) in [4.78, 5) is 24.2. The molecule has 2 heterocycles. The third-order valence-electron chi connectivity index (χ3n) is 4.01. The monoisotopic (exact) mass is 334 g/mol. The van der Waals surface area contributed by atoms with Gasteiger partial charge in [0.1, 0.15) is 17.1 Å². The molecule has 0 saturated carbocycles. The molecule has 0 spiro atoms. The minimum absolute atomic E-state index is 0.104. The second-order valence-electron chi connectivity index (χ2n) is 5.69. The fourth-order valence-corrected chi connectivity index (χ4v) is 3.13. The molecule has 3 atom stereocenters. The van der Waals surface area contributed by atoms with E-state index >= 15 is 0 Å². The van der Waals surface area contributed by atoms with Gasteiger partial charge in [-0.2, -0.15) is 13.2 Å². The Balaban J connectivity index is 2.78. The molecular formula is C15H17F3O5. The van der Waals surface area contributed by atoms with Crippen molar-refractivity contribution in [3.05, 3.63) is 23.3 Å². The maximum atomic E-state index is 13.7. The summed E-state index contributed by atoms with van der Waals surface area (Å²) in [6, 6.07) is 0. The molecule has 128 valence electrons. The minimum Gasteiger partial charge on any atom is -0.468 e. The number of carbonyl (C=O) groups excluding carboxylic acids is 2. The van der Waals surface area contributed by atoms with E-state index in [2.05, 4.69) is 4.74 Å². The van der Waals surface area contributed by atoms with Gasteiger partial charge in [-0.3, -0.25) is 4.79 Å². The van der Waals surface area contributed by atoms with E-state index in [1.165, 1.54) is 32.9 Å². The number of methoxy groups -OCH3 is 1. The lowest BCUT2D eigenvalue weighted by Crippen LogP contribution is -2.53. The molecule has 0 aliphatic carbocycles. The number of fused-ring (bicyclic) bond motifs is 2. The third kappa shape index (κ3) is 2.65. The van der Waals surface area contributed by atoms with Gasteiger partial charge in [0.05, 0.1) is 24.9 Å². The molecule has 2 rings (SSSR count). The van der Waals surface area contributed by atoms with Crippen molar-refractivity contribution in [3.63, 3.8) is 0 Å². The van der Waals surface area contributed by atoms with E-state index in [4.69, 9.17) is 9.47 Å². The lowest BCUT2D eigenvalue weighted by atomic mass is 9.77. The summed E-state index contributed by atoms with van der Waals surface area (Å²) >= 11 is 0. The molecule has 0 fully saturated rings. The second kappa shape index (κ2) is 5.36. The molecule has 5 nitrogen and oxygen atoms in total. The van der Waals surface area contributed by atoms with Crippen molar-refractivity contribution in [2.24, 2.45) is 5.92 Å². The summed E-state index contributed by atoms with van der Waals surface area (Å²) in [5.74, 6) is -4.10. The molecule has 2 bridgehead atoms. The van der Waals surface area contributed by atoms with Crippen LogP contribution in [0.25, 0.3) is 0 Å². The van der Waals surface area contributed by atoms with E-state index in [0.717, 1.165) is 7.11 Å². The van der Waals surface area contributed by atoms with Crippen LogP contribution in [0, 0.1) is 5.92 Å². The van der Waals surface area contributed by atoms with Crippen LogP contribution in [0.3, 0.4) is 0 Å². The first-order valence-electron chi connectivity index (χ1n) is 6.97. The molecule has 0 unspecified atom stereocenters. The number of hydrogen-bond donors (Lipinski definition) is 0. The summed E-state index contributed by atoms with van der Waals surface area (Å²) in [7, 11) is 0.982. The van der Waals surface area contributed by atoms with Crippen LogP contribution in [-0.4, -0.2) is 43.0 Å². The van der Waals surface area contributed by atoms with Gasteiger partial charge < -0.3 is 14.2 Å². The molecule has 0 N–H and O–H groups in total. The number of carbonyl (C=O) groups is 2. The van der Waals surface area contributed by atoms with Crippen LogP contribution < -0.4 is 0 Å². The number of esters is 2. The summed E-state index contributed by atoms with van der Waals surface area (Å²) < 4.78 is 56.0. The van der Waals surface area contributed by atoms with E-state index in [-0.39, 0.29) is 6.61 Å². The van der Waals surface area contributed by atoms with Crippen LogP contribution >= 0.6 is 0 Å². The van der Waals surface area contributed by atoms with Gasteiger partial charge in [0, 0.05) is 0 Å². The van der Waals surface area contributed by atoms with Crippen molar-refractivity contribution in [1.29, 1.82) is 0 Å². The van der Waals surface area contributed by atoms with Crippen LogP contribution in [0.5, 0.6) is 0 Å². The van der Waals surface area contributed by atoms with Crippen molar-refractivity contribution in [2.75, 3.05) is 13.7 Å². The lowest BCUT2D eigenvalue weighted by Gasteiger charge is -2.43. The van der Waals surface area contributed by atoms with Gasteiger partial charge in [-0.15, -0.1) is 0 Å². The zero-order valence-corrected chi connectivity index (χ0v) is 13.1. The third-order valence-corrected chi connectivity index (χ3v) is 4.01. The molecule has 0 amide bonds. The molecule has 23 heavy (non-hydrogen) atoms. The number of rotatable bonds is 3. The van der Waals surface area contributed by atoms with E-state index < -0.39 is 46.4 Å². The highest BCUT2D eigenvalue weighted by molar-refractivity contribution is 5.95. The molecule has 0 aromatic heterocycles. The van der Waals surface area contributed by atoms with Crippen LogP contribution in [0.4, 0.5) is 13.2 Å². The highest BCUT2D eigenvalue weighted by atomic mass is 19.4. The number of halogens is 3. The largest absolute Gasteiger partial charge is 0.468 e. The summed E-state index contributed by atoms with van der Waals surface area (Å²) in [5, 5.41) is 0. The van der Waals surface area contributed by atoms with Crippen molar-refractivity contribution in [2.45, 2.75) is 38.1 Å². The topological polar surface area (TPSA) is 61.8 Å². The molecule has 2 aliphatic heterocycles. The molecule has 0 radical (unpaired) electrons. The highest BCUT2D eigenvalue weighted by Gasteiger charge is 2.63. The number of ether oxygens (including phenoxy) is 3. The fourth-order valence-electron chi connectivity index (χ4n) is 3.13. The van der Waals surface area contributed by atoms with Crippen molar-refractivity contribution >= 4 is 11.9 Å².